The SMILES string of the molecule is COc1cc(/C=C2/C(=O)NN(c3ccccc3)C2=O)cc(OC)c1OC. The molecule has 2 aromatic carbocycles. The Kier molecular flexibility index (Phi) is 4.79. The first-order valence-corrected chi connectivity index (χ1v) is 7.81. The van der Waals surface area contributed by atoms with Crippen LogP contribution in [0.2, 0.25) is 0 Å². The zero-order valence-electron chi connectivity index (χ0n) is 14.6. The predicted molar refractivity (Wildman–Crippen MR) is 96.1 cm³/mol. The van der Waals surface area contributed by atoms with Crippen LogP contribution < -0.4 is 24.6 Å². The molecule has 0 bridgehead atoms. The van der Waals surface area contributed by atoms with Crippen LogP contribution in [0.5, 0.6) is 17.2 Å². The minimum Gasteiger partial charge on any atom is -0.493 e. The van der Waals surface area contributed by atoms with Crippen molar-refractivity contribution in [3.05, 3.63) is 53.6 Å². The summed E-state index contributed by atoms with van der Waals surface area (Å²) in [6.45, 7) is 0. The molecule has 0 unspecified atom stereocenters. The summed E-state index contributed by atoms with van der Waals surface area (Å²) in [5.74, 6) is 0.391. The summed E-state index contributed by atoms with van der Waals surface area (Å²) in [7, 11) is 4.50. The summed E-state index contributed by atoms with van der Waals surface area (Å²) >= 11 is 0. The van der Waals surface area contributed by atoms with Gasteiger partial charge in [0.25, 0.3) is 11.8 Å². The van der Waals surface area contributed by atoms with Gasteiger partial charge >= 0.3 is 0 Å². The molecule has 1 aliphatic rings. The zero-order valence-corrected chi connectivity index (χ0v) is 14.6. The number of nitrogens with zero attached hydrogens (tertiary/aromatic N) is 1. The van der Waals surface area contributed by atoms with Gasteiger partial charge in [0.05, 0.1) is 27.0 Å². The topological polar surface area (TPSA) is 77.1 Å². The summed E-state index contributed by atoms with van der Waals surface area (Å²) < 4.78 is 15.9. The number of nitrogens with one attached hydrogen (secondary N) is 1. The summed E-state index contributed by atoms with van der Waals surface area (Å²) in [5, 5.41) is 1.21. The maximum absolute atomic E-state index is 12.6. The number of rotatable bonds is 5. The molecule has 0 spiro atoms. The Labute approximate surface area is 150 Å². The molecule has 2 aromatic rings. The normalized spacial score (nSPS) is 15.2. The number of ether oxygens (including phenoxy) is 3. The van der Waals surface area contributed by atoms with E-state index in [9.17, 15) is 9.59 Å². The lowest BCUT2D eigenvalue weighted by atomic mass is 10.1. The van der Waals surface area contributed by atoms with Crippen molar-refractivity contribution in [2.45, 2.75) is 0 Å². The molecule has 1 aliphatic heterocycles. The molecule has 26 heavy (non-hydrogen) atoms. The highest BCUT2D eigenvalue weighted by Crippen LogP contribution is 2.39. The summed E-state index contributed by atoms with van der Waals surface area (Å²) in [5.41, 5.74) is 3.74. The fourth-order valence-electron chi connectivity index (χ4n) is 2.67. The van der Waals surface area contributed by atoms with E-state index in [0.29, 0.717) is 28.5 Å². The highest BCUT2D eigenvalue weighted by molar-refractivity contribution is 6.31. The average Bonchev–Trinajstić information content (AvgIpc) is 2.96. The van der Waals surface area contributed by atoms with Gasteiger partial charge in [-0.25, -0.2) is 5.01 Å². The molecule has 0 aromatic heterocycles. The highest BCUT2D eigenvalue weighted by atomic mass is 16.5. The van der Waals surface area contributed by atoms with Crippen molar-refractivity contribution in [3.63, 3.8) is 0 Å². The molecule has 1 fully saturated rings. The van der Waals surface area contributed by atoms with Crippen molar-refractivity contribution in [1.82, 2.24) is 5.43 Å². The lowest BCUT2D eigenvalue weighted by molar-refractivity contribution is -0.117. The smallest absolute Gasteiger partial charge is 0.282 e. The number of para-hydroxylation sites is 1. The molecular formula is C19H18N2O5. The van der Waals surface area contributed by atoms with Gasteiger partial charge in [-0.2, -0.15) is 0 Å². The van der Waals surface area contributed by atoms with Crippen LogP contribution >= 0.6 is 0 Å². The van der Waals surface area contributed by atoms with Crippen molar-refractivity contribution in [2.75, 3.05) is 26.3 Å². The Hall–Kier alpha value is -3.48. The molecule has 1 saturated heterocycles. The highest BCUT2D eigenvalue weighted by Gasteiger charge is 2.34. The van der Waals surface area contributed by atoms with Gasteiger partial charge in [-0.15, -0.1) is 0 Å². The second kappa shape index (κ2) is 7.18. The average molecular weight is 354 g/mol. The lowest BCUT2D eigenvalue weighted by Gasteiger charge is -2.14. The number of hydrazine groups is 1. The molecule has 0 aliphatic carbocycles. The second-order valence-electron chi connectivity index (χ2n) is 5.43. The fraction of sp³-hybridized carbons (Fsp3) is 0.158. The van der Waals surface area contributed by atoms with E-state index in [2.05, 4.69) is 5.43 Å². The van der Waals surface area contributed by atoms with Gasteiger partial charge in [0.1, 0.15) is 5.57 Å². The number of benzene rings is 2. The van der Waals surface area contributed by atoms with Gasteiger partial charge < -0.3 is 14.2 Å². The third-order valence-corrected chi connectivity index (χ3v) is 3.90. The Bertz CT molecular complexity index is 852. The zero-order chi connectivity index (χ0) is 18.7. The summed E-state index contributed by atoms with van der Waals surface area (Å²) in [4.78, 5) is 24.9. The molecule has 7 heteroatoms. The molecule has 3 rings (SSSR count). The van der Waals surface area contributed by atoms with E-state index >= 15 is 0 Å². The van der Waals surface area contributed by atoms with Crippen LogP contribution in [0, 0.1) is 0 Å². The molecule has 0 saturated carbocycles. The second-order valence-corrected chi connectivity index (χ2v) is 5.43. The molecule has 2 amide bonds. The van der Waals surface area contributed by atoms with Gasteiger partial charge in [0.2, 0.25) is 5.75 Å². The standard InChI is InChI=1S/C19H18N2O5/c1-24-15-10-12(11-16(25-2)17(15)26-3)9-14-18(22)20-21(19(14)23)13-7-5-4-6-8-13/h4-11H,1-3H3,(H,20,22)/b14-9-. The van der Waals surface area contributed by atoms with Gasteiger partial charge in [-0.1, -0.05) is 18.2 Å². The molecule has 7 nitrogen and oxygen atoms in total. The van der Waals surface area contributed by atoms with E-state index in [4.69, 9.17) is 14.2 Å². The maximum Gasteiger partial charge on any atom is 0.282 e. The van der Waals surface area contributed by atoms with E-state index < -0.39 is 11.8 Å². The van der Waals surface area contributed by atoms with Crippen LogP contribution in [-0.2, 0) is 9.59 Å². The molecular weight excluding hydrogens is 336 g/mol. The minimum absolute atomic E-state index is 0.0168. The third-order valence-electron chi connectivity index (χ3n) is 3.90. The van der Waals surface area contributed by atoms with E-state index in [1.807, 2.05) is 6.07 Å². The monoisotopic (exact) mass is 354 g/mol. The van der Waals surface area contributed by atoms with Crippen LogP contribution in [0.15, 0.2) is 48.0 Å². The Balaban J connectivity index is 2.00. The summed E-state index contributed by atoms with van der Waals surface area (Å²) in [6, 6.07) is 12.2. The number of amides is 2. The third kappa shape index (κ3) is 3.06. The maximum atomic E-state index is 12.6. The molecule has 0 radical (unpaired) electrons. The van der Waals surface area contributed by atoms with Crippen molar-refractivity contribution in [3.8, 4) is 17.2 Å². The van der Waals surface area contributed by atoms with Gasteiger partial charge in [0.15, 0.2) is 11.5 Å². The van der Waals surface area contributed by atoms with Crippen LogP contribution in [-0.4, -0.2) is 33.1 Å². The number of carbonyl (C=O) groups excluding carboxylic acids is 2. The lowest BCUT2D eigenvalue weighted by Crippen LogP contribution is -2.35. The van der Waals surface area contributed by atoms with Crippen LogP contribution in [0.1, 0.15) is 5.56 Å². The van der Waals surface area contributed by atoms with Crippen molar-refractivity contribution < 1.29 is 23.8 Å². The number of methoxy groups -OCH3 is 3. The van der Waals surface area contributed by atoms with Crippen molar-refractivity contribution in [2.24, 2.45) is 0 Å². The van der Waals surface area contributed by atoms with Crippen molar-refractivity contribution >= 4 is 23.6 Å². The molecule has 134 valence electrons. The van der Waals surface area contributed by atoms with Gasteiger partial charge in [-0.3, -0.25) is 15.0 Å². The number of anilines is 1. The quantitative estimate of drug-likeness (QED) is 0.658. The number of carbonyl (C=O) groups is 2. The fourth-order valence-corrected chi connectivity index (χ4v) is 2.67. The van der Waals surface area contributed by atoms with Crippen LogP contribution in [0.4, 0.5) is 5.69 Å². The van der Waals surface area contributed by atoms with E-state index in [-0.39, 0.29) is 5.57 Å². The first-order valence-electron chi connectivity index (χ1n) is 7.81. The molecule has 1 heterocycles. The Morgan fingerprint density at radius 2 is 1.54 bits per heavy atom. The van der Waals surface area contributed by atoms with Crippen LogP contribution in [0.25, 0.3) is 6.08 Å². The Morgan fingerprint density at radius 1 is 0.923 bits per heavy atom. The van der Waals surface area contributed by atoms with E-state index in [1.165, 1.54) is 32.4 Å². The van der Waals surface area contributed by atoms with Crippen molar-refractivity contribution in [1.29, 1.82) is 0 Å². The first kappa shape index (κ1) is 17.3. The largest absolute Gasteiger partial charge is 0.493 e. The van der Waals surface area contributed by atoms with Gasteiger partial charge in [-0.05, 0) is 35.9 Å². The molecule has 1 N–H and O–H groups in total. The Morgan fingerprint density at radius 3 is 2.08 bits per heavy atom. The minimum atomic E-state index is -0.479. The summed E-state index contributed by atoms with van der Waals surface area (Å²) in [6.07, 6.45) is 1.49. The van der Waals surface area contributed by atoms with E-state index in [1.54, 1.807) is 36.4 Å². The van der Waals surface area contributed by atoms with Gasteiger partial charge in [0, 0.05) is 0 Å². The number of hydrogen-bond donors (Lipinski definition) is 1. The molecule has 0 atom stereocenters. The predicted octanol–water partition coefficient (Wildman–Crippen LogP) is 2.17. The first-order chi connectivity index (χ1) is 12.6. The van der Waals surface area contributed by atoms with Crippen LogP contribution in [0.3, 0.4) is 0 Å². The van der Waals surface area contributed by atoms with E-state index in [0.717, 1.165) is 0 Å². The number of hydrogen-bond acceptors (Lipinski definition) is 5.